The quantitative estimate of drug-likeness (QED) is 0.751. The molecule has 0 aliphatic rings. The fraction of sp³-hybridized carbons (Fsp3) is 0.278. The van der Waals surface area contributed by atoms with E-state index in [2.05, 4.69) is 15.4 Å². The standard InChI is InChI=1S/C18H19ClN4O2/c1-10-13(11(2)21-17-16(10)18(25)22-23(17)3)8-15(24)20-9-12-6-4-5-7-14(12)19/h4-7H,8-9H2,1-3H3,(H,20,24)(H,22,25). The normalized spacial score (nSPS) is 11.0. The molecule has 0 aliphatic carbocycles. The van der Waals surface area contributed by atoms with E-state index in [1.165, 1.54) is 0 Å². The van der Waals surface area contributed by atoms with Crippen LogP contribution < -0.4 is 10.9 Å². The molecule has 3 rings (SSSR count). The Hall–Kier alpha value is -2.60. The van der Waals surface area contributed by atoms with Gasteiger partial charge in [0.15, 0.2) is 5.65 Å². The van der Waals surface area contributed by atoms with Gasteiger partial charge in [-0.15, -0.1) is 0 Å². The van der Waals surface area contributed by atoms with E-state index in [4.69, 9.17) is 11.6 Å². The summed E-state index contributed by atoms with van der Waals surface area (Å²) >= 11 is 6.10. The molecule has 0 unspecified atom stereocenters. The third-order valence-corrected chi connectivity index (χ3v) is 4.72. The van der Waals surface area contributed by atoms with E-state index >= 15 is 0 Å². The van der Waals surface area contributed by atoms with Crippen molar-refractivity contribution in [1.29, 1.82) is 0 Å². The van der Waals surface area contributed by atoms with Gasteiger partial charge in [-0.1, -0.05) is 29.8 Å². The first-order valence-electron chi connectivity index (χ1n) is 7.93. The Morgan fingerprint density at radius 2 is 2.04 bits per heavy atom. The largest absolute Gasteiger partial charge is 0.352 e. The lowest BCUT2D eigenvalue weighted by Crippen LogP contribution is -2.25. The average molecular weight is 359 g/mol. The molecule has 0 fully saturated rings. The summed E-state index contributed by atoms with van der Waals surface area (Å²) in [7, 11) is 1.74. The third kappa shape index (κ3) is 3.30. The highest BCUT2D eigenvalue weighted by molar-refractivity contribution is 6.31. The van der Waals surface area contributed by atoms with Gasteiger partial charge >= 0.3 is 0 Å². The third-order valence-electron chi connectivity index (χ3n) is 4.35. The van der Waals surface area contributed by atoms with Gasteiger partial charge in [0.2, 0.25) is 5.91 Å². The van der Waals surface area contributed by atoms with E-state index in [1.807, 2.05) is 32.0 Å². The fourth-order valence-corrected chi connectivity index (χ4v) is 3.17. The highest BCUT2D eigenvalue weighted by Gasteiger charge is 2.17. The molecule has 7 heteroatoms. The molecule has 0 radical (unpaired) electrons. The molecule has 130 valence electrons. The van der Waals surface area contributed by atoms with Crippen LogP contribution in [-0.2, 0) is 24.8 Å². The zero-order valence-corrected chi connectivity index (χ0v) is 15.1. The second-order valence-corrected chi connectivity index (χ2v) is 6.45. The molecule has 1 amide bonds. The van der Waals surface area contributed by atoms with E-state index in [0.29, 0.717) is 22.6 Å². The Labute approximate surface area is 149 Å². The number of nitrogens with zero attached hydrogens (tertiary/aromatic N) is 2. The Kier molecular flexibility index (Phi) is 4.63. The number of nitrogens with one attached hydrogen (secondary N) is 2. The van der Waals surface area contributed by atoms with Gasteiger partial charge in [-0.25, -0.2) is 4.98 Å². The van der Waals surface area contributed by atoms with Crippen molar-refractivity contribution >= 4 is 28.5 Å². The van der Waals surface area contributed by atoms with Crippen molar-refractivity contribution in [3.63, 3.8) is 0 Å². The summed E-state index contributed by atoms with van der Waals surface area (Å²) in [4.78, 5) is 28.9. The number of aromatic amines is 1. The molecule has 3 aromatic rings. The summed E-state index contributed by atoms with van der Waals surface area (Å²) < 4.78 is 1.60. The molecule has 0 aliphatic heterocycles. The van der Waals surface area contributed by atoms with Gasteiger partial charge in [0.05, 0.1) is 11.8 Å². The number of aromatic nitrogens is 3. The lowest BCUT2D eigenvalue weighted by molar-refractivity contribution is -0.120. The molecule has 0 atom stereocenters. The molecular formula is C18H19ClN4O2. The van der Waals surface area contributed by atoms with Crippen LogP contribution in [0.3, 0.4) is 0 Å². The summed E-state index contributed by atoms with van der Waals surface area (Å²) in [6, 6.07) is 7.38. The molecule has 6 nitrogen and oxygen atoms in total. The fourth-order valence-electron chi connectivity index (χ4n) is 2.97. The first-order valence-corrected chi connectivity index (χ1v) is 8.31. The number of carbonyl (C=O) groups is 1. The maximum Gasteiger partial charge on any atom is 0.273 e. The van der Waals surface area contributed by atoms with Crippen molar-refractivity contribution in [2.24, 2.45) is 7.05 Å². The summed E-state index contributed by atoms with van der Waals surface area (Å²) in [6.45, 7) is 4.06. The van der Waals surface area contributed by atoms with E-state index in [0.717, 1.165) is 22.4 Å². The Balaban J connectivity index is 1.83. The zero-order chi connectivity index (χ0) is 18.1. The average Bonchev–Trinajstić information content (AvgIpc) is 2.84. The second kappa shape index (κ2) is 6.72. The van der Waals surface area contributed by atoms with Crippen molar-refractivity contribution < 1.29 is 4.79 Å². The van der Waals surface area contributed by atoms with Crippen molar-refractivity contribution in [2.75, 3.05) is 0 Å². The number of rotatable bonds is 4. The Morgan fingerprint density at radius 3 is 2.76 bits per heavy atom. The molecule has 0 saturated heterocycles. The summed E-state index contributed by atoms with van der Waals surface area (Å²) in [5, 5.41) is 6.72. The van der Waals surface area contributed by atoms with Crippen LogP contribution in [0.5, 0.6) is 0 Å². The number of fused-ring (bicyclic) bond motifs is 1. The van der Waals surface area contributed by atoms with Gasteiger partial charge in [-0.3, -0.25) is 19.4 Å². The van der Waals surface area contributed by atoms with Gasteiger partial charge in [0.1, 0.15) is 0 Å². The van der Waals surface area contributed by atoms with Gasteiger partial charge < -0.3 is 5.32 Å². The predicted molar refractivity (Wildman–Crippen MR) is 97.8 cm³/mol. The number of hydrogen-bond donors (Lipinski definition) is 2. The van der Waals surface area contributed by atoms with Gasteiger partial charge in [0.25, 0.3) is 5.56 Å². The van der Waals surface area contributed by atoms with Crippen molar-refractivity contribution in [1.82, 2.24) is 20.1 Å². The summed E-state index contributed by atoms with van der Waals surface area (Å²) in [5.74, 6) is -0.139. The van der Waals surface area contributed by atoms with Gasteiger partial charge in [-0.2, -0.15) is 0 Å². The first-order chi connectivity index (χ1) is 11.9. The number of halogens is 1. The summed E-state index contributed by atoms with van der Waals surface area (Å²) in [6.07, 6.45) is 0.166. The van der Waals surface area contributed by atoms with Crippen LogP contribution in [0.25, 0.3) is 11.0 Å². The van der Waals surface area contributed by atoms with Crippen LogP contribution in [0, 0.1) is 13.8 Å². The van der Waals surface area contributed by atoms with Crippen LogP contribution in [0.1, 0.15) is 22.4 Å². The number of carbonyl (C=O) groups excluding carboxylic acids is 1. The smallest absolute Gasteiger partial charge is 0.273 e. The zero-order valence-electron chi connectivity index (χ0n) is 14.3. The molecule has 1 aromatic carbocycles. The SMILES string of the molecule is Cc1nc2c(c(C)c1CC(=O)NCc1ccccc1Cl)c(=O)[nH]n2C. The number of aryl methyl sites for hydroxylation is 3. The highest BCUT2D eigenvalue weighted by atomic mass is 35.5. The molecule has 0 spiro atoms. The van der Waals surface area contributed by atoms with E-state index in [9.17, 15) is 9.59 Å². The lowest BCUT2D eigenvalue weighted by atomic mass is 10.0. The monoisotopic (exact) mass is 358 g/mol. The van der Waals surface area contributed by atoms with Crippen molar-refractivity contribution in [2.45, 2.75) is 26.8 Å². The first kappa shape index (κ1) is 17.2. The Bertz CT molecular complexity index is 1020. The van der Waals surface area contributed by atoms with Crippen LogP contribution in [0.4, 0.5) is 0 Å². The molecule has 0 bridgehead atoms. The second-order valence-electron chi connectivity index (χ2n) is 6.04. The minimum absolute atomic E-state index is 0.139. The molecule has 0 saturated carbocycles. The number of amides is 1. The molecule has 2 aromatic heterocycles. The van der Waals surface area contributed by atoms with Crippen molar-refractivity contribution in [3.05, 3.63) is 62.0 Å². The lowest BCUT2D eigenvalue weighted by Gasteiger charge is -2.11. The molecule has 25 heavy (non-hydrogen) atoms. The van der Waals surface area contributed by atoms with Crippen LogP contribution in [0.15, 0.2) is 29.1 Å². The maximum atomic E-state index is 12.4. The van der Waals surface area contributed by atoms with Gasteiger partial charge in [0, 0.05) is 24.3 Å². The molecule has 2 N–H and O–H groups in total. The number of benzene rings is 1. The van der Waals surface area contributed by atoms with Crippen LogP contribution in [0.2, 0.25) is 5.02 Å². The van der Waals surface area contributed by atoms with Gasteiger partial charge in [-0.05, 0) is 36.6 Å². The van der Waals surface area contributed by atoms with E-state index in [-0.39, 0.29) is 17.9 Å². The number of H-pyrrole nitrogens is 1. The predicted octanol–water partition coefficient (Wildman–Crippen LogP) is 2.39. The number of pyridine rings is 1. The minimum Gasteiger partial charge on any atom is -0.352 e. The topological polar surface area (TPSA) is 79.8 Å². The molecular weight excluding hydrogens is 340 g/mol. The highest BCUT2D eigenvalue weighted by Crippen LogP contribution is 2.20. The van der Waals surface area contributed by atoms with E-state index < -0.39 is 0 Å². The summed E-state index contributed by atoms with van der Waals surface area (Å²) in [5.41, 5.74) is 3.57. The minimum atomic E-state index is -0.194. The number of hydrogen-bond acceptors (Lipinski definition) is 3. The van der Waals surface area contributed by atoms with Crippen molar-refractivity contribution in [3.8, 4) is 0 Å². The Morgan fingerprint density at radius 1 is 1.32 bits per heavy atom. The van der Waals surface area contributed by atoms with Crippen LogP contribution >= 0.6 is 11.6 Å². The van der Waals surface area contributed by atoms with Crippen LogP contribution in [-0.4, -0.2) is 20.7 Å². The van der Waals surface area contributed by atoms with E-state index in [1.54, 1.807) is 17.8 Å². The maximum absolute atomic E-state index is 12.4. The molecule has 2 heterocycles.